The van der Waals surface area contributed by atoms with Gasteiger partial charge in [0, 0.05) is 6.07 Å². The van der Waals surface area contributed by atoms with E-state index >= 15 is 0 Å². The number of halogens is 4. The van der Waals surface area contributed by atoms with Gasteiger partial charge in [0.15, 0.2) is 0 Å². The van der Waals surface area contributed by atoms with Gasteiger partial charge in [0.05, 0.1) is 26.2 Å². The maximum Gasteiger partial charge on any atom is 0.201 e. The number of nitrogen functional groups attached to an aromatic ring is 1. The Bertz CT molecular complexity index is 848. The van der Waals surface area contributed by atoms with Gasteiger partial charge < -0.3 is 10.3 Å². The van der Waals surface area contributed by atoms with Crippen LogP contribution in [0.25, 0.3) is 11.0 Å². The van der Waals surface area contributed by atoms with E-state index in [2.05, 4.69) is 4.98 Å². The van der Waals surface area contributed by atoms with Gasteiger partial charge in [0.25, 0.3) is 0 Å². The van der Waals surface area contributed by atoms with E-state index < -0.39 is 5.82 Å². The normalized spacial score (nSPS) is 11.2. The van der Waals surface area contributed by atoms with Gasteiger partial charge in [-0.15, -0.1) is 0 Å². The predicted octanol–water partition coefficient (Wildman–Crippen LogP) is 4.20. The third kappa shape index (κ3) is 2.69. The summed E-state index contributed by atoms with van der Waals surface area (Å²) in [5, 5.41) is 0.0382. The second-order valence-corrected chi connectivity index (χ2v) is 6.13. The number of rotatable bonds is 2. The number of hydrogen-bond acceptors (Lipinski definition) is 2. The van der Waals surface area contributed by atoms with Gasteiger partial charge in [0.2, 0.25) is 5.95 Å². The minimum atomic E-state index is -0.482. The van der Waals surface area contributed by atoms with Crippen molar-refractivity contribution < 1.29 is 8.78 Å². The summed E-state index contributed by atoms with van der Waals surface area (Å²) >= 11 is 7.67. The molecule has 108 valence electrons. The van der Waals surface area contributed by atoms with Crippen LogP contribution in [-0.2, 0) is 6.54 Å². The van der Waals surface area contributed by atoms with Gasteiger partial charge in [-0.25, -0.2) is 13.8 Å². The fourth-order valence-corrected chi connectivity index (χ4v) is 2.78. The predicted molar refractivity (Wildman–Crippen MR) is 87.3 cm³/mol. The summed E-state index contributed by atoms with van der Waals surface area (Å²) in [6, 6.07) is 7.44. The standard InChI is InChI=1S/C14H9ClF2IN3/c15-8-3-7(1-2-9(8)16)6-21-13-4-10(17)11(18)5-12(13)20-14(21)19/h1-5H,6H2,(H2,19,20). The lowest BCUT2D eigenvalue weighted by Gasteiger charge is -2.08. The number of aromatic nitrogens is 2. The van der Waals surface area contributed by atoms with Gasteiger partial charge in [0.1, 0.15) is 11.6 Å². The van der Waals surface area contributed by atoms with Crippen LogP contribution in [-0.4, -0.2) is 9.55 Å². The maximum absolute atomic E-state index is 13.7. The topological polar surface area (TPSA) is 43.8 Å². The summed E-state index contributed by atoms with van der Waals surface area (Å²) in [7, 11) is 0. The molecule has 3 rings (SSSR count). The summed E-state index contributed by atoms with van der Waals surface area (Å²) in [5.41, 5.74) is 7.85. The first-order valence-corrected chi connectivity index (χ1v) is 7.46. The van der Waals surface area contributed by atoms with E-state index in [1.54, 1.807) is 16.7 Å². The number of nitrogens with two attached hydrogens (primary N) is 1. The van der Waals surface area contributed by atoms with Crippen LogP contribution in [0, 0.1) is 15.2 Å². The van der Waals surface area contributed by atoms with Crippen molar-refractivity contribution in [3.05, 3.63) is 56.1 Å². The Morgan fingerprint density at radius 3 is 2.67 bits per heavy atom. The molecule has 0 bridgehead atoms. The van der Waals surface area contributed by atoms with Crippen molar-refractivity contribution in [2.24, 2.45) is 0 Å². The summed E-state index contributed by atoms with van der Waals surface area (Å²) < 4.78 is 29.1. The van der Waals surface area contributed by atoms with Crippen molar-refractivity contribution in [1.82, 2.24) is 9.55 Å². The van der Waals surface area contributed by atoms with Crippen molar-refractivity contribution in [3.63, 3.8) is 0 Å². The zero-order valence-electron chi connectivity index (χ0n) is 10.6. The van der Waals surface area contributed by atoms with E-state index in [1.165, 1.54) is 18.2 Å². The molecule has 0 unspecified atom stereocenters. The highest BCUT2D eigenvalue weighted by atomic mass is 127. The molecule has 1 aromatic heterocycles. The number of benzene rings is 2. The first-order chi connectivity index (χ1) is 9.95. The Hall–Kier alpha value is -1.41. The monoisotopic (exact) mass is 419 g/mol. The highest BCUT2D eigenvalue weighted by molar-refractivity contribution is 14.1. The lowest BCUT2D eigenvalue weighted by molar-refractivity contribution is 0.621. The second-order valence-electron chi connectivity index (χ2n) is 4.56. The molecule has 0 aliphatic rings. The van der Waals surface area contributed by atoms with E-state index in [-0.39, 0.29) is 16.8 Å². The lowest BCUT2D eigenvalue weighted by Crippen LogP contribution is -2.05. The largest absolute Gasteiger partial charge is 0.369 e. The van der Waals surface area contributed by atoms with Crippen LogP contribution < -0.4 is 5.73 Å². The summed E-state index contributed by atoms with van der Waals surface area (Å²) in [6.45, 7) is 0.336. The molecule has 0 saturated heterocycles. The van der Waals surface area contributed by atoms with Crippen molar-refractivity contribution in [1.29, 1.82) is 0 Å². The fourth-order valence-electron chi connectivity index (χ4n) is 2.13. The van der Waals surface area contributed by atoms with Crippen LogP contribution in [0.15, 0.2) is 30.3 Å². The van der Waals surface area contributed by atoms with E-state index in [1.807, 2.05) is 22.6 Å². The molecule has 0 aliphatic carbocycles. The van der Waals surface area contributed by atoms with Crippen LogP contribution in [0.1, 0.15) is 5.56 Å². The van der Waals surface area contributed by atoms with Gasteiger partial charge in [-0.3, -0.25) is 0 Å². The molecule has 7 heteroatoms. The van der Waals surface area contributed by atoms with Gasteiger partial charge >= 0.3 is 0 Å². The number of hydrogen-bond donors (Lipinski definition) is 1. The van der Waals surface area contributed by atoms with Crippen molar-refractivity contribution in [3.8, 4) is 0 Å². The molecular formula is C14H9ClF2IN3. The van der Waals surface area contributed by atoms with Crippen LogP contribution in [0.3, 0.4) is 0 Å². The van der Waals surface area contributed by atoms with Crippen molar-refractivity contribution >= 4 is 51.2 Å². The summed E-state index contributed by atoms with van der Waals surface area (Å²) in [4.78, 5) is 4.21. The third-order valence-electron chi connectivity index (χ3n) is 3.14. The van der Waals surface area contributed by atoms with Gasteiger partial charge in [-0.1, -0.05) is 17.7 Å². The minimum Gasteiger partial charge on any atom is -0.369 e. The third-order valence-corrected chi connectivity index (χ3v) is 4.26. The maximum atomic E-state index is 13.7. The first-order valence-electron chi connectivity index (χ1n) is 6.00. The number of anilines is 1. The molecular weight excluding hydrogens is 411 g/mol. The van der Waals surface area contributed by atoms with Gasteiger partial charge in [-0.2, -0.15) is 0 Å². The summed E-state index contributed by atoms with van der Waals surface area (Å²) in [5.74, 6) is -0.544. The molecule has 0 amide bonds. The van der Waals surface area contributed by atoms with E-state index in [0.29, 0.717) is 21.1 Å². The Kier molecular flexibility index (Phi) is 3.75. The van der Waals surface area contributed by atoms with Crippen LogP contribution in [0.5, 0.6) is 0 Å². The van der Waals surface area contributed by atoms with Crippen molar-refractivity contribution in [2.45, 2.75) is 6.54 Å². The Morgan fingerprint density at radius 1 is 1.19 bits per heavy atom. The Morgan fingerprint density at radius 2 is 1.95 bits per heavy atom. The van der Waals surface area contributed by atoms with Crippen molar-refractivity contribution in [2.75, 3.05) is 5.73 Å². The SMILES string of the molecule is Nc1nc2cc(I)c(F)cc2n1Cc1ccc(F)c(Cl)c1. The quantitative estimate of drug-likeness (QED) is 0.633. The van der Waals surface area contributed by atoms with E-state index in [0.717, 1.165) is 5.56 Å². The molecule has 0 atom stereocenters. The molecule has 21 heavy (non-hydrogen) atoms. The zero-order valence-corrected chi connectivity index (χ0v) is 13.5. The average molecular weight is 420 g/mol. The summed E-state index contributed by atoms with van der Waals surface area (Å²) in [6.07, 6.45) is 0. The highest BCUT2D eigenvalue weighted by Gasteiger charge is 2.12. The van der Waals surface area contributed by atoms with E-state index in [4.69, 9.17) is 17.3 Å². The van der Waals surface area contributed by atoms with Gasteiger partial charge in [-0.05, 0) is 46.4 Å². The number of nitrogens with zero attached hydrogens (tertiary/aromatic N) is 2. The first kappa shape index (κ1) is 14.5. The highest BCUT2D eigenvalue weighted by Crippen LogP contribution is 2.25. The molecule has 0 fully saturated rings. The molecule has 1 heterocycles. The molecule has 2 aromatic carbocycles. The Labute approximate surface area is 137 Å². The van der Waals surface area contributed by atoms with Crippen LogP contribution in [0.2, 0.25) is 5.02 Å². The fraction of sp³-hybridized carbons (Fsp3) is 0.0714. The molecule has 3 nitrogen and oxygen atoms in total. The molecule has 0 saturated carbocycles. The van der Waals surface area contributed by atoms with E-state index in [9.17, 15) is 8.78 Å². The lowest BCUT2D eigenvalue weighted by atomic mass is 10.2. The average Bonchev–Trinajstić information content (AvgIpc) is 2.71. The zero-order chi connectivity index (χ0) is 15.1. The molecule has 3 aromatic rings. The minimum absolute atomic E-state index is 0.0382. The molecule has 0 radical (unpaired) electrons. The molecule has 0 spiro atoms. The van der Waals surface area contributed by atoms with Crippen LogP contribution in [0.4, 0.5) is 14.7 Å². The molecule has 0 aliphatic heterocycles. The smallest absolute Gasteiger partial charge is 0.201 e. The molecule has 2 N–H and O–H groups in total. The number of fused-ring (bicyclic) bond motifs is 1. The Balaban J connectivity index is 2.09. The van der Waals surface area contributed by atoms with Crippen LogP contribution >= 0.6 is 34.2 Å². The number of imidazole rings is 1. The second kappa shape index (κ2) is 5.42.